The molecule has 0 atom stereocenters. The van der Waals surface area contributed by atoms with Crippen LogP contribution in [0.25, 0.3) is 10.9 Å². The zero-order valence-corrected chi connectivity index (χ0v) is 20.4. The van der Waals surface area contributed by atoms with Gasteiger partial charge in [-0.2, -0.15) is 0 Å². The number of ether oxygens (including phenoxy) is 2. The predicted octanol–water partition coefficient (Wildman–Crippen LogP) is 4.82. The Bertz CT molecular complexity index is 1320. The average molecular weight is 490 g/mol. The SMILES string of the molecule is COc1ccc(C(=O)NCCn2cc(SCC(=O)Nc3ccccc3OC)c3ccccc32)cc1. The number of thioether (sulfide) groups is 1. The lowest BCUT2D eigenvalue weighted by molar-refractivity contribution is -0.113. The van der Waals surface area contributed by atoms with Crippen LogP contribution in [0.1, 0.15) is 10.4 Å². The number of hydrogen-bond donors (Lipinski definition) is 2. The van der Waals surface area contributed by atoms with Gasteiger partial charge in [0.15, 0.2) is 0 Å². The fourth-order valence-electron chi connectivity index (χ4n) is 3.72. The van der Waals surface area contributed by atoms with Crippen molar-refractivity contribution in [1.29, 1.82) is 0 Å². The molecule has 1 aromatic heterocycles. The Kier molecular flexibility index (Phi) is 7.95. The van der Waals surface area contributed by atoms with Crippen molar-refractivity contribution in [3.05, 3.63) is 84.6 Å². The highest BCUT2D eigenvalue weighted by molar-refractivity contribution is 8.00. The van der Waals surface area contributed by atoms with Gasteiger partial charge in [0.05, 0.1) is 25.7 Å². The molecule has 0 radical (unpaired) electrons. The van der Waals surface area contributed by atoms with Crippen LogP contribution < -0.4 is 20.1 Å². The number of hydrogen-bond acceptors (Lipinski definition) is 5. The Morgan fingerprint density at radius 3 is 2.43 bits per heavy atom. The maximum atomic E-state index is 12.6. The molecular weight excluding hydrogens is 462 g/mol. The van der Waals surface area contributed by atoms with Crippen LogP contribution in [0.15, 0.2) is 83.9 Å². The minimum atomic E-state index is -0.133. The minimum Gasteiger partial charge on any atom is -0.497 e. The summed E-state index contributed by atoms with van der Waals surface area (Å²) in [6.45, 7) is 1.08. The highest BCUT2D eigenvalue weighted by atomic mass is 32.2. The van der Waals surface area contributed by atoms with Crippen molar-refractivity contribution in [2.24, 2.45) is 0 Å². The average Bonchev–Trinajstić information content (AvgIpc) is 3.25. The molecule has 0 fully saturated rings. The number of aromatic nitrogens is 1. The quantitative estimate of drug-likeness (QED) is 0.312. The summed E-state index contributed by atoms with van der Waals surface area (Å²) in [6.07, 6.45) is 2.03. The predicted molar refractivity (Wildman–Crippen MR) is 140 cm³/mol. The van der Waals surface area contributed by atoms with Gasteiger partial charge < -0.3 is 24.7 Å². The maximum absolute atomic E-state index is 12.6. The second-order valence-electron chi connectivity index (χ2n) is 7.73. The zero-order chi connectivity index (χ0) is 24.6. The molecule has 4 aromatic rings. The molecule has 0 aliphatic rings. The van der Waals surface area contributed by atoms with Gasteiger partial charge in [-0.1, -0.05) is 30.3 Å². The molecule has 0 aliphatic carbocycles. The third kappa shape index (κ3) is 5.96. The molecule has 0 saturated carbocycles. The van der Waals surface area contributed by atoms with E-state index >= 15 is 0 Å². The summed E-state index contributed by atoms with van der Waals surface area (Å²) in [4.78, 5) is 26.0. The lowest BCUT2D eigenvalue weighted by Gasteiger charge is -2.09. The van der Waals surface area contributed by atoms with Crippen molar-refractivity contribution in [1.82, 2.24) is 9.88 Å². The molecule has 180 valence electrons. The van der Waals surface area contributed by atoms with E-state index in [1.807, 2.05) is 54.7 Å². The second-order valence-corrected chi connectivity index (χ2v) is 8.74. The van der Waals surface area contributed by atoms with Crippen LogP contribution in [0.2, 0.25) is 0 Å². The van der Waals surface area contributed by atoms with E-state index in [4.69, 9.17) is 9.47 Å². The normalized spacial score (nSPS) is 10.7. The number of nitrogens with zero attached hydrogens (tertiary/aromatic N) is 1. The van der Waals surface area contributed by atoms with Gasteiger partial charge in [-0.3, -0.25) is 9.59 Å². The number of carbonyl (C=O) groups is 2. The number of nitrogens with one attached hydrogen (secondary N) is 2. The molecule has 0 saturated heterocycles. The van der Waals surface area contributed by atoms with Crippen LogP contribution in [-0.4, -0.2) is 42.9 Å². The monoisotopic (exact) mass is 489 g/mol. The van der Waals surface area contributed by atoms with E-state index in [1.165, 1.54) is 11.8 Å². The van der Waals surface area contributed by atoms with Crippen LogP contribution >= 0.6 is 11.8 Å². The third-order valence-electron chi connectivity index (χ3n) is 5.48. The number of para-hydroxylation sites is 3. The summed E-state index contributed by atoms with van der Waals surface area (Å²) < 4.78 is 12.5. The van der Waals surface area contributed by atoms with Gasteiger partial charge in [-0.25, -0.2) is 0 Å². The Morgan fingerprint density at radius 1 is 0.914 bits per heavy atom. The first-order valence-electron chi connectivity index (χ1n) is 11.1. The molecule has 2 amide bonds. The summed E-state index contributed by atoms with van der Waals surface area (Å²) in [5.74, 6) is 1.36. The van der Waals surface area contributed by atoms with E-state index in [9.17, 15) is 9.59 Å². The molecule has 0 aliphatic heterocycles. The summed E-state index contributed by atoms with van der Waals surface area (Å²) in [6, 6.07) is 22.4. The van der Waals surface area contributed by atoms with Crippen LogP contribution in [-0.2, 0) is 11.3 Å². The molecule has 4 rings (SSSR count). The molecule has 2 N–H and O–H groups in total. The molecular formula is C27H27N3O4S. The maximum Gasteiger partial charge on any atom is 0.251 e. The fraction of sp³-hybridized carbons (Fsp3) is 0.185. The van der Waals surface area contributed by atoms with Gasteiger partial charge in [-0.15, -0.1) is 11.8 Å². The first kappa shape index (κ1) is 24.2. The molecule has 3 aromatic carbocycles. The Morgan fingerprint density at radius 2 is 1.66 bits per heavy atom. The smallest absolute Gasteiger partial charge is 0.251 e. The zero-order valence-electron chi connectivity index (χ0n) is 19.6. The van der Waals surface area contributed by atoms with Crippen LogP contribution in [0.3, 0.4) is 0 Å². The minimum absolute atomic E-state index is 0.108. The van der Waals surface area contributed by atoms with Crippen LogP contribution in [0, 0.1) is 0 Å². The number of rotatable bonds is 10. The summed E-state index contributed by atoms with van der Waals surface area (Å²) in [7, 11) is 3.17. The largest absolute Gasteiger partial charge is 0.497 e. The van der Waals surface area contributed by atoms with E-state index in [2.05, 4.69) is 15.2 Å². The van der Waals surface area contributed by atoms with Crippen molar-refractivity contribution in [2.75, 3.05) is 31.8 Å². The van der Waals surface area contributed by atoms with Crippen molar-refractivity contribution in [2.45, 2.75) is 11.4 Å². The first-order valence-corrected chi connectivity index (χ1v) is 12.1. The highest BCUT2D eigenvalue weighted by Crippen LogP contribution is 2.30. The Hall–Kier alpha value is -3.91. The lowest BCUT2D eigenvalue weighted by atomic mass is 10.2. The number of benzene rings is 3. The third-order valence-corrected chi connectivity index (χ3v) is 6.53. The number of fused-ring (bicyclic) bond motifs is 1. The van der Waals surface area contributed by atoms with Crippen molar-refractivity contribution in [3.63, 3.8) is 0 Å². The summed E-state index contributed by atoms with van der Waals surface area (Å²) in [5, 5.41) is 6.95. The van der Waals surface area contributed by atoms with Crippen molar-refractivity contribution >= 4 is 40.2 Å². The van der Waals surface area contributed by atoms with E-state index in [-0.39, 0.29) is 17.6 Å². The van der Waals surface area contributed by atoms with Crippen LogP contribution in [0.4, 0.5) is 5.69 Å². The molecule has 7 nitrogen and oxygen atoms in total. The van der Waals surface area contributed by atoms with Gasteiger partial charge in [0.25, 0.3) is 5.91 Å². The van der Waals surface area contributed by atoms with E-state index in [0.29, 0.717) is 35.8 Å². The van der Waals surface area contributed by atoms with Crippen LogP contribution in [0.5, 0.6) is 11.5 Å². The molecule has 8 heteroatoms. The standard InChI is InChI=1S/C27H27N3O4S/c1-33-20-13-11-19(12-14-20)27(32)28-15-16-30-17-25(21-7-3-5-9-23(21)30)35-18-26(31)29-22-8-4-6-10-24(22)34-2/h3-14,17H,15-16,18H2,1-2H3,(H,28,32)(H,29,31). The summed E-state index contributed by atoms with van der Waals surface area (Å²) in [5.41, 5.74) is 2.29. The summed E-state index contributed by atoms with van der Waals surface area (Å²) >= 11 is 1.48. The van der Waals surface area contributed by atoms with Gasteiger partial charge >= 0.3 is 0 Å². The van der Waals surface area contributed by atoms with Gasteiger partial charge in [0.1, 0.15) is 11.5 Å². The molecule has 0 unspecified atom stereocenters. The van der Waals surface area contributed by atoms with E-state index in [1.54, 1.807) is 38.5 Å². The fourth-order valence-corrected chi connectivity index (χ4v) is 4.61. The molecule has 35 heavy (non-hydrogen) atoms. The van der Waals surface area contributed by atoms with Gasteiger partial charge in [0.2, 0.25) is 5.91 Å². The van der Waals surface area contributed by atoms with E-state index in [0.717, 1.165) is 15.8 Å². The Labute approximate surface area is 208 Å². The van der Waals surface area contributed by atoms with Gasteiger partial charge in [0, 0.05) is 40.6 Å². The topological polar surface area (TPSA) is 81.6 Å². The number of carbonyl (C=O) groups excluding carboxylic acids is 2. The lowest BCUT2D eigenvalue weighted by Crippen LogP contribution is -2.27. The number of methoxy groups -OCH3 is 2. The van der Waals surface area contributed by atoms with E-state index < -0.39 is 0 Å². The number of amides is 2. The van der Waals surface area contributed by atoms with Crippen molar-refractivity contribution < 1.29 is 19.1 Å². The molecule has 1 heterocycles. The first-order chi connectivity index (χ1) is 17.1. The number of anilines is 1. The van der Waals surface area contributed by atoms with Crippen molar-refractivity contribution in [3.8, 4) is 11.5 Å². The van der Waals surface area contributed by atoms with Gasteiger partial charge in [-0.05, 0) is 42.5 Å². The Balaban J connectivity index is 1.37. The highest BCUT2D eigenvalue weighted by Gasteiger charge is 2.13. The second kappa shape index (κ2) is 11.5. The molecule has 0 bridgehead atoms. The molecule has 0 spiro atoms.